The van der Waals surface area contributed by atoms with Gasteiger partial charge in [-0.15, -0.1) is 0 Å². The van der Waals surface area contributed by atoms with Gasteiger partial charge in [0.25, 0.3) is 5.91 Å². The van der Waals surface area contributed by atoms with E-state index in [2.05, 4.69) is 4.90 Å². The highest BCUT2D eigenvalue weighted by atomic mass is 16.5. The molecule has 2 aromatic rings. The molecular formula is C19H26N2O4. The number of nitrogens with zero attached hydrogens (tertiary/aromatic N) is 2. The molecule has 3 rings (SSSR count). The second-order valence-corrected chi connectivity index (χ2v) is 6.48. The number of amides is 1. The van der Waals surface area contributed by atoms with Gasteiger partial charge in [-0.3, -0.25) is 9.69 Å². The third kappa shape index (κ3) is 3.86. The molecular weight excluding hydrogens is 320 g/mol. The van der Waals surface area contributed by atoms with Crippen LogP contribution in [-0.2, 0) is 4.74 Å². The molecule has 1 saturated heterocycles. The number of carbonyl (C=O) groups excluding carboxylic acids is 1. The molecule has 0 saturated carbocycles. The maximum Gasteiger partial charge on any atom is 0.290 e. The Morgan fingerprint density at radius 2 is 2.00 bits per heavy atom. The topological polar surface area (TPSA) is 66.2 Å². The van der Waals surface area contributed by atoms with Gasteiger partial charge in [-0.1, -0.05) is 18.2 Å². The molecule has 136 valence electrons. The molecule has 25 heavy (non-hydrogen) atoms. The second kappa shape index (κ2) is 7.99. The van der Waals surface area contributed by atoms with E-state index in [-0.39, 0.29) is 12.5 Å². The molecule has 0 spiro atoms. The second-order valence-electron chi connectivity index (χ2n) is 6.48. The van der Waals surface area contributed by atoms with Crippen LogP contribution in [0.2, 0.25) is 0 Å². The minimum atomic E-state index is -0.157. The molecule has 1 aromatic heterocycles. The first kappa shape index (κ1) is 17.9. The zero-order valence-corrected chi connectivity index (χ0v) is 15.0. The number of rotatable bonds is 6. The zero-order chi connectivity index (χ0) is 17.8. The summed E-state index contributed by atoms with van der Waals surface area (Å²) in [6.45, 7) is 8.69. The van der Waals surface area contributed by atoms with Crippen LogP contribution in [-0.4, -0.2) is 73.4 Å². The predicted octanol–water partition coefficient (Wildman–Crippen LogP) is 1.82. The number of aliphatic hydroxyl groups excluding tert-OH is 1. The largest absolute Gasteiger partial charge is 0.450 e. The number of hydrogen-bond acceptors (Lipinski definition) is 5. The van der Waals surface area contributed by atoms with E-state index in [1.165, 1.54) is 0 Å². The van der Waals surface area contributed by atoms with Crippen molar-refractivity contribution < 1.29 is 19.1 Å². The van der Waals surface area contributed by atoms with Crippen LogP contribution in [0.25, 0.3) is 11.0 Å². The van der Waals surface area contributed by atoms with Crippen molar-refractivity contribution >= 4 is 16.9 Å². The first-order valence-corrected chi connectivity index (χ1v) is 8.80. The minimum Gasteiger partial charge on any atom is -0.450 e. The van der Waals surface area contributed by atoms with Gasteiger partial charge in [0.05, 0.1) is 19.8 Å². The highest BCUT2D eigenvalue weighted by Gasteiger charge is 2.24. The molecule has 1 amide bonds. The van der Waals surface area contributed by atoms with Gasteiger partial charge in [0, 0.05) is 43.7 Å². The summed E-state index contributed by atoms with van der Waals surface area (Å²) in [6.07, 6.45) is 0. The third-order valence-corrected chi connectivity index (χ3v) is 4.80. The summed E-state index contributed by atoms with van der Waals surface area (Å²) in [4.78, 5) is 16.9. The number of morpholine rings is 1. The Bertz CT molecular complexity index is 734. The number of hydrogen-bond donors (Lipinski definition) is 1. The van der Waals surface area contributed by atoms with E-state index in [1.54, 1.807) is 4.90 Å². The van der Waals surface area contributed by atoms with Crippen molar-refractivity contribution in [2.75, 3.05) is 52.5 Å². The summed E-state index contributed by atoms with van der Waals surface area (Å²) in [5.74, 6) is 0.218. The Hall–Kier alpha value is -1.89. The summed E-state index contributed by atoms with van der Waals surface area (Å²) in [6, 6.07) is 5.92. The van der Waals surface area contributed by atoms with Crippen molar-refractivity contribution in [2.45, 2.75) is 13.8 Å². The fourth-order valence-corrected chi connectivity index (χ4v) is 3.25. The van der Waals surface area contributed by atoms with Gasteiger partial charge in [-0.05, 0) is 19.4 Å². The Balaban J connectivity index is 1.78. The summed E-state index contributed by atoms with van der Waals surface area (Å²) in [5.41, 5.74) is 2.64. The number of carbonyl (C=O) groups is 1. The number of furan rings is 1. The normalized spacial score (nSPS) is 15.6. The maximum absolute atomic E-state index is 13.0. The van der Waals surface area contributed by atoms with Crippen molar-refractivity contribution in [3.8, 4) is 0 Å². The Kier molecular flexibility index (Phi) is 5.73. The molecule has 1 fully saturated rings. The van der Waals surface area contributed by atoms with Gasteiger partial charge in [0.2, 0.25) is 0 Å². The molecule has 6 heteroatoms. The Morgan fingerprint density at radius 1 is 1.24 bits per heavy atom. The van der Waals surface area contributed by atoms with Crippen LogP contribution >= 0.6 is 0 Å². The van der Waals surface area contributed by atoms with Gasteiger partial charge >= 0.3 is 0 Å². The van der Waals surface area contributed by atoms with Crippen LogP contribution in [0.4, 0.5) is 0 Å². The van der Waals surface area contributed by atoms with E-state index in [0.717, 1.165) is 54.9 Å². The van der Waals surface area contributed by atoms with Crippen molar-refractivity contribution in [3.63, 3.8) is 0 Å². The van der Waals surface area contributed by atoms with Crippen molar-refractivity contribution in [1.29, 1.82) is 0 Å². The van der Waals surface area contributed by atoms with E-state index >= 15 is 0 Å². The van der Waals surface area contributed by atoms with Crippen LogP contribution < -0.4 is 0 Å². The monoisotopic (exact) mass is 346 g/mol. The number of ether oxygens (including phenoxy) is 1. The number of fused-ring (bicyclic) bond motifs is 1. The summed E-state index contributed by atoms with van der Waals surface area (Å²) in [5, 5.41) is 10.3. The van der Waals surface area contributed by atoms with Gasteiger partial charge < -0.3 is 19.2 Å². The Labute approximate surface area is 148 Å². The first-order chi connectivity index (χ1) is 12.1. The van der Waals surface area contributed by atoms with E-state index < -0.39 is 0 Å². The van der Waals surface area contributed by atoms with Crippen molar-refractivity contribution in [2.24, 2.45) is 0 Å². The molecule has 1 aliphatic rings. The van der Waals surface area contributed by atoms with Gasteiger partial charge in [0.1, 0.15) is 5.58 Å². The Morgan fingerprint density at radius 3 is 2.68 bits per heavy atom. The lowest BCUT2D eigenvalue weighted by Gasteiger charge is -2.29. The van der Waals surface area contributed by atoms with E-state index in [1.807, 2.05) is 32.0 Å². The van der Waals surface area contributed by atoms with Crippen LogP contribution in [0.1, 0.15) is 21.7 Å². The SMILES string of the molecule is Cc1c(C(=O)N(CCO)CCN2CCOCC2)oc2c(C)cccc12. The van der Waals surface area contributed by atoms with Gasteiger partial charge in [-0.25, -0.2) is 0 Å². The summed E-state index contributed by atoms with van der Waals surface area (Å²) >= 11 is 0. The number of aryl methyl sites for hydroxylation is 2. The van der Waals surface area contributed by atoms with Crippen molar-refractivity contribution in [3.05, 3.63) is 35.1 Å². The lowest BCUT2D eigenvalue weighted by atomic mass is 10.1. The predicted molar refractivity (Wildman–Crippen MR) is 95.9 cm³/mol. The molecule has 0 atom stereocenters. The van der Waals surface area contributed by atoms with Crippen LogP contribution in [0.15, 0.2) is 22.6 Å². The average molecular weight is 346 g/mol. The molecule has 2 heterocycles. The highest BCUT2D eigenvalue weighted by molar-refractivity contribution is 5.99. The molecule has 0 radical (unpaired) electrons. The van der Waals surface area contributed by atoms with Gasteiger partial charge in [-0.2, -0.15) is 0 Å². The molecule has 1 aromatic carbocycles. The average Bonchev–Trinajstić information content (AvgIpc) is 2.97. The maximum atomic E-state index is 13.0. The fourth-order valence-electron chi connectivity index (χ4n) is 3.25. The van der Waals surface area contributed by atoms with E-state index in [0.29, 0.717) is 18.8 Å². The van der Waals surface area contributed by atoms with Crippen LogP contribution in [0.3, 0.4) is 0 Å². The van der Waals surface area contributed by atoms with Gasteiger partial charge in [0.15, 0.2) is 5.76 Å². The zero-order valence-electron chi connectivity index (χ0n) is 15.0. The van der Waals surface area contributed by atoms with Crippen molar-refractivity contribution in [1.82, 2.24) is 9.80 Å². The quantitative estimate of drug-likeness (QED) is 0.864. The smallest absolute Gasteiger partial charge is 0.290 e. The number of benzene rings is 1. The highest BCUT2D eigenvalue weighted by Crippen LogP contribution is 2.28. The van der Waals surface area contributed by atoms with Crippen LogP contribution in [0, 0.1) is 13.8 Å². The molecule has 1 aliphatic heterocycles. The molecule has 1 N–H and O–H groups in total. The lowest BCUT2D eigenvalue weighted by Crippen LogP contribution is -2.44. The van der Waals surface area contributed by atoms with E-state index in [4.69, 9.17) is 9.15 Å². The standard InChI is InChI=1S/C19H26N2O4/c1-14-4-3-5-16-15(2)18(25-17(14)16)19(23)21(8-11-22)7-6-20-9-12-24-13-10-20/h3-5,22H,6-13H2,1-2H3. The molecule has 6 nitrogen and oxygen atoms in total. The minimum absolute atomic E-state index is 0.0623. The molecule has 0 aliphatic carbocycles. The third-order valence-electron chi connectivity index (χ3n) is 4.80. The van der Waals surface area contributed by atoms with Crippen LogP contribution in [0.5, 0.6) is 0 Å². The molecule has 0 unspecified atom stereocenters. The number of para-hydroxylation sites is 1. The molecule has 0 bridgehead atoms. The first-order valence-electron chi connectivity index (χ1n) is 8.80. The fraction of sp³-hybridized carbons (Fsp3) is 0.526. The number of aliphatic hydroxyl groups is 1. The van der Waals surface area contributed by atoms with E-state index in [9.17, 15) is 9.90 Å². The summed E-state index contributed by atoms with van der Waals surface area (Å²) in [7, 11) is 0. The summed E-state index contributed by atoms with van der Waals surface area (Å²) < 4.78 is 11.3. The lowest BCUT2D eigenvalue weighted by molar-refractivity contribution is 0.0311.